The van der Waals surface area contributed by atoms with Gasteiger partial charge in [0.05, 0.1) is 11.4 Å². The highest BCUT2D eigenvalue weighted by molar-refractivity contribution is 9.10. The number of pyridine rings is 6. The minimum atomic E-state index is -1.38. The Morgan fingerprint density at radius 2 is 1.02 bits per heavy atom. The van der Waals surface area contributed by atoms with E-state index in [4.69, 9.17) is 15.0 Å². The van der Waals surface area contributed by atoms with Gasteiger partial charge in [-0.15, -0.1) is 0 Å². The van der Waals surface area contributed by atoms with E-state index in [9.17, 15) is 9.59 Å². The number of hydrogen-bond donors (Lipinski definition) is 4. The number of aromatic nitrogens is 6. The van der Waals surface area contributed by atoms with Crippen molar-refractivity contribution in [3.05, 3.63) is 171 Å². The molecule has 4 N–H and O–H groups in total. The Morgan fingerprint density at radius 1 is 0.540 bits per heavy atom. The van der Waals surface area contributed by atoms with Crippen molar-refractivity contribution < 1.29 is 10.0 Å². The summed E-state index contributed by atoms with van der Waals surface area (Å²) in [4.78, 5) is 45.4. The predicted molar refractivity (Wildman–Crippen MR) is 201 cm³/mol. The van der Waals surface area contributed by atoms with Crippen LogP contribution in [-0.2, 0) is 0 Å². The van der Waals surface area contributed by atoms with Crippen molar-refractivity contribution in [2.24, 2.45) is 0 Å². The molecule has 0 aliphatic heterocycles. The number of rotatable bonds is 4. The summed E-state index contributed by atoms with van der Waals surface area (Å²) in [5.41, 5.74) is 7.09. The number of nitrogens with one attached hydrogen (secondary N) is 2. The van der Waals surface area contributed by atoms with Crippen LogP contribution in [0.5, 0.6) is 0 Å². The molecule has 0 atom stereocenters. The number of benzene rings is 2. The zero-order valence-corrected chi connectivity index (χ0v) is 27.9. The molecular formula is C38H28BBrN6O4. The van der Waals surface area contributed by atoms with E-state index in [1.807, 2.05) is 78.9 Å². The third kappa shape index (κ3) is 8.31. The molecule has 50 heavy (non-hydrogen) atoms. The van der Waals surface area contributed by atoms with Crippen molar-refractivity contribution in [1.29, 1.82) is 0 Å². The minimum absolute atomic E-state index is 0.142. The lowest BCUT2D eigenvalue weighted by Crippen LogP contribution is -2.29. The first-order valence-corrected chi connectivity index (χ1v) is 16.2. The first kappa shape index (κ1) is 33.8. The summed E-state index contributed by atoms with van der Waals surface area (Å²) in [5, 5.41) is 18.9. The van der Waals surface area contributed by atoms with Gasteiger partial charge in [0.1, 0.15) is 11.3 Å². The molecule has 0 spiro atoms. The van der Waals surface area contributed by atoms with Crippen LogP contribution in [-0.4, -0.2) is 47.1 Å². The molecule has 0 bridgehead atoms. The summed E-state index contributed by atoms with van der Waals surface area (Å²) in [7, 11) is -1.38. The van der Waals surface area contributed by atoms with Crippen LogP contribution in [0.3, 0.4) is 0 Å². The molecule has 0 radical (unpaired) electrons. The number of nitrogens with zero attached hydrogens (tertiary/aromatic N) is 4. The van der Waals surface area contributed by atoms with E-state index in [1.54, 1.807) is 36.7 Å². The van der Waals surface area contributed by atoms with Gasteiger partial charge < -0.3 is 20.0 Å². The fourth-order valence-corrected chi connectivity index (χ4v) is 5.60. The van der Waals surface area contributed by atoms with Gasteiger partial charge in [0, 0.05) is 68.9 Å². The number of hydrogen-bond acceptors (Lipinski definition) is 8. The molecule has 0 unspecified atom stereocenters. The molecule has 0 saturated heterocycles. The Hall–Kier alpha value is -6.08. The zero-order valence-electron chi connectivity index (χ0n) is 26.3. The fraction of sp³-hybridized carbons (Fsp3) is 0. The van der Waals surface area contributed by atoms with Gasteiger partial charge in [-0.2, -0.15) is 0 Å². The molecule has 244 valence electrons. The Bertz CT molecular complexity index is 2470. The number of fused-ring (bicyclic) bond motifs is 2. The minimum Gasteiger partial charge on any atom is -0.423 e. The van der Waals surface area contributed by atoms with E-state index in [0.29, 0.717) is 16.8 Å². The van der Waals surface area contributed by atoms with Crippen molar-refractivity contribution in [3.63, 3.8) is 0 Å². The summed E-state index contributed by atoms with van der Waals surface area (Å²) in [6.07, 6.45) is 6.55. The highest BCUT2D eigenvalue weighted by atomic mass is 79.9. The molecule has 10 nitrogen and oxygen atoms in total. The maximum Gasteiger partial charge on any atom is 0.488 e. The summed E-state index contributed by atoms with van der Waals surface area (Å²) in [6, 6.07) is 37.4. The second-order valence-electron chi connectivity index (χ2n) is 10.8. The van der Waals surface area contributed by atoms with Gasteiger partial charge in [-0.05, 0) is 75.5 Å². The topological polar surface area (TPSA) is 158 Å². The van der Waals surface area contributed by atoms with Crippen LogP contribution in [0.2, 0.25) is 0 Å². The van der Waals surface area contributed by atoms with Crippen molar-refractivity contribution in [3.8, 4) is 33.6 Å². The lowest BCUT2D eigenvalue weighted by Gasteiger charge is -2.11. The van der Waals surface area contributed by atoms with E-state index < -0.39 is 7.12 Å². The molecule has 12 heteroatoms. The van der Waals surface area contributed by atoms with Gasteiger partial charge in [0.2, 0.25) is 11.1 Å². The maximum absolute atomic E-state index is 11.6. The second-order valence-corrected chi connectivity index (χ2v) is 11.7. The molecule has 0 fully saturated rings. The lowest BCUT2D eigenvalue weighted by molar-refractivity contribution is 0.425. The van der Waals surface area contributed by atoms with Gasteiger partial charge in [0.15, 0.2) is 0 Å². The molecule has 2 aromatic carbocycles. The van der Waals surface area contributed by atoms with E-state index >= 15 is 0 Å². The van der Waals surface area contributed by atoms with Gasteiger partial charge in [-0.25, -0.2) is 9.97 Å². The van der Waals surface area contributed by atoms with Crippen LogP contribution >= 0.6 is 15.9 Å². The molecule has 6 heterocycles. The van der Waals surface area contributed by atoms with E-state index in [0.717, 1.165) is 48.9 Å². The summed E-state index contributed by atoms with van der Waals surface area (Å²) < 4.78 is 0.910. The molecule has 0 aliphatic carbocycles. The average Bonchev–Trinajstić information content (AvgIpc) is 3.16. The molecule has 6 aromatic heterocycles. The number of halogens is 1. The van der Waals surface area contributed by atoms with Crippen molar-refractivity contribution in [2.45, 2.75) is 0 Å². The molecule has 0 amide bonds. The smallest absolute Gasteiger partial charge is 0.423 e. The summed E-state index contributed by atoms with van der Waals surface area (Å²) >= 11 is 3.52. The molecule has 0 saturated carbocycles. The molecular weight excluding hydrogens is 695 g/mol. The van der Waals surface area contributed by atoms with Gasteiger partial charge in [-0.1, -0.05) is 60.7 Å². The maximum atomic E-state index is 11.6. The normalized spacial score (nSPS) is 10.5. The van der Waals surface area contributed by atoms with Gasteiger partial charge in [0.25, 0.3) is 0 Å². The van der Waals surface area contributed by atoms with Crippen LogP contribution in [0.1, 0.15) is 0 Å². The highest BCUT2D eigenvalue weighted by Crippen LogP contribution is 2.32. The SMILES string of the molecule is O=c1ccc2cc(-c3ccncc3)c(-c3ccccc3)nc2[nH]1.O=c1ccc2cc(Br)c(-c3ccccc3)nc2[nH]1.OB(O)c1ccncc1. The Morgan fingerprint density at radius 3 is 1.54 bits per heavy atom. The Kier molecular flexibility index (Phi) is 10.7. The highest BCUT2D eigenvalue weighted by Gasteiger charge is 2.12. The van der Waals surface area contributed by atoms with E-state index in [1.165, 1.54) is 24.5 Å². The van der Waals surface area contributed by atoms with Crippen LogP contribution in [0.4, 0.5) is 0 Å². The molecule has 8 aromatic rings. The first-order valence-electron chi connectivity index (χ1n) is 15.4. The Balaban J connectivity index is 0.000000142. The van der Waals surface area contributed by atoms with Crippen molar-refractivity contribution >= 4 is 50.6 Å². The van der Waals surface area contributed by atoms with Crippen LogP contribution in [0, 0.1) is 0 Å². The van der Waals surface area contributed by atoms with Crippen molar-refractivity contribution in [1.82, 2.24) is 29.9 Å². The van der Waals surface area contributed by atoms with E-state index in [-0.39, 0.29) is 11.1 Å². The second kappa shape index (κ2) is 15.9. The quantitative estimate of drug-likeness (QED) is 0.167. The fourth-order valence-electron chi connectivity index (χ4n) is 5.04. The zero-order chi connectivity index (χ0) is 34.9. The Labute approximate surface area is 294 Å². The van der Waals surface area contributed by atoms with Crippen molar-refractivity contribution in [2.75, 3.05) is 0 Å². The van der Waals surface area contributed by atoms with Gasteiger partial charge >= 0.3 is 7.12 Å². The summed E-state index contributed by atoms with van der Waals surface area (Å²) in [5.74, 6) is 0. The van der Waals surface area contributed by atoms with Crippen LogP contribution in [0.15, 0.2) is 160 Å². The monoisotopic (exact) mass is 722 g/mol. The third-order valence-corrected chi connectivity index (χ3v) is 8.06. The van der Waals surface area contributed by atoms with Crippen LogP contribution in [0.25, 0.3) is 55.7 Å². The van der Waals surface area contributed by atoms with Gasteiger partial charge in [-0.3, -0.25) is 19.6 Å². The largest absolute Gasteiger partial charge is 0.488 e. The number of H-pyrrole nitrogens is 2. The molecule has 8 rings (SSSR count). The standard InChI is InChI=1S/C19H13N3O.C14H9BrN2O.C5H6BNO2/c23-17-7-6-15-12-16(13-8-10-20-11-9-13)18(22-19(15)21-17)14-4-2-1-3-5-14;15-11-8-10-6-7-12(18)16-14(10)17-13(11)9-4-2-1-3-5-9;8-6(9)5-1-3-7-4-2-5/h1-12H,(H,21,22,23);1-8H,(H,16,17,18);1-4,8-9H. The predicted octanol–water partition coefficient (Wildman–Crippen LogP) is 5.77. The average molecular weight is 723 g/mol. The summed E-state index contributed by atoms with van der Waals surface area (Å²) in [6.45, 7) is 0. The molecule has 0 aliphatic rings. The number of aromatic amines is 2. The van der Waals surface area contributed by atoms with E-state index in [2.05, 4.69) is 46.9 Å². The van der Waals surface area contributed by atoms with Crippen LogP contribution < -0.4 is 16.6 Å². The first-order chi connectivity index (χ1) is 24.4. The third-order valence-electron chi connectivity index (χ3n) is 7.46. The lowest BCUT2D eigenvalue weighted by atomic mass is 9.81.